The molecule has 0 atom stereocenters. The van der Waals surface area contributed by atoms with Gasteiger partial charge >= 0.3 is 0 Å². The Labute approximate surface area is 115 Å². The first-order valence-electron chi connectivity index (χ1n) is 6.98. The lowest BCUT2D eigenvalue weighted by Gasteiger charge is -2.33. The number of hydrogen-bond donors (Lipinski definition) is 1. The summed E-state index contributed by atoms with van der Waals surface area (Å²) in [6.45, 7) is 8.71. The lowest BCUT2D eigenvalue weighted by molar-refractivity contribution is 0.128. The van der Waals surface area contributed by atoms with E-state index in [1.807, 2.05) is 20.0 Å². The SMILES string of the molecule is CCOCc1nc(NC)cc(N2CCCC2(C)C)n1. The molecule has 5 nitrogen and oxygen atoms in total. The van der Waals surface area contributed by atoms with E-state index in [1.165, 1.54) is 12.8 Å². The van der Waals surface area contributed by atoms with E-state index in [0.29, 0.717) is 13.2 Å². The molecule has 0 aromatic carbocycles. The highest BCUT2D eigenvalue weighted by molar-refractivity contribution is 5.51. The Hall–Kier alpha value is -1.36. The number of nitrogens with one attached hydrogen (secondary N) is 1. The molecule has 1 aliphatic heterocycles. The van der Waals surface area contributed by atoms with Crippen molar-refractivity contribution in [1.82, 2.24) is 9.97 Å². The van der Waals surface area contributed by atoms with E-state index in [2.05, 4.69) is 34.0 Å². The quantitative estimate of drug-likeness (QED) is 0.885. The minimum absolute atomic E-state index is 0.169. The van der Waals surface area contributed by atoms with Crippen LogP contribution in [0.2, 0.25) is 0 Å². The number of anilines is 2. The van der Waals surface area contributed by atoms with Crippen molar-refractivity contribution >= 4 is 11.6 Å². The Kier molecular flexibility index (Phi) is 4.24. The normalized spacial score (nSPS) is 17.8. The molecule has 1 N–H and O–H groups in total. The van der Waals surface area contributed by atoms with Crippen LogP contribution in [0.3, 0.4) is 0 Å². The van der Waals surface area contributed by atoms with Gasteiger partial charge in [-0.05, 0) is 33.6 Å². The third kappa shape index (κ3) is 3.15. The van der Waals surface area contributed by atoms with Crippen LogP contribution in [-0.2, 0) is 11.3 Å². The number of nitrogens with zero attached hydrogens (tertiary/aromatic N) is 3. The largest absolute Gasteiger partial charge is 0.374 e. The molecule has 1 saturated heterocycles. The Bertz CT molecular complexity index is 433. The number of ether oxygens (including phenoxy) is 1. The van der Waals surface area contributed by atoms with Crippen LogP contribution in [0.4, 0.5) is 11.6 Å². The minimum Gasteiger partial charge on any atom is -0.374 e. The summed E-state index contributed by atoms with van der Waals surface area (Å²) in [5.74, 6) is 2.59. The molecule has 0 aliphatic carbocycles. The maximum absolute atomic E-state index is 5.42. The topological polar surface area (TPSA) is 50.3 Å². The Morgan fingerprint density at radius 2 is 2.21 bits per heavy atom. The molecule has 106 valence electrons. The van der Waals surface area contributed by atoms with Crippen molar-refractivity contribution < 1.29 is 4.74 Å². The zero-order valence-electron chi connectivity index (χ0n) is 12.4. The van der Waals surface area contributed by atoms with Crippen molar-refractivity contribution in [3.05, 3.63) is 11.9 Å². The van der Waals surface area contributed by atoms with E-state index < -0.39 is 0 Å². The molecule has 1 aromatic heterocycles. The molecule has 5 heteroatoms. The fourth-order valence-corrected chi connectivity index (χ4v) is 2.54. The first-order valence-corrected chi connectivity index (χ1v) is 6.98. The first-order chi connectivity index (χ1) is 9.06. The Morgan fingerprint density at radius 1 is 1.42 bits per heavy atom. The summed E-state index contributed by atoms with van der Waals surface area (Å²) < 4.78 is 5.42. The van der Waals surface area contributed by atoms with Crippen LogP contribution >= 0.6 is 0 Å². The summed E-state index contributed by atoms with van der Waals surface area (Å²) in [7, 11) is 1.88. The van der Waals surface area contributed by atoms with Gasteiger partial charge in [-0.2, -0.15) is 0 Å². The van der Waals surface area contributed by atoms with Gasteiger partial charge < -0.3 is 15.0 Å². The molecule has 1 aromatic rings. The van der Waals surface area contributed by atoms with E-state index in [0.717, 1.165) is 24.0 Å². The molecule has 0 saturated carbocycles. The highest BCUT2D eigenvalue weighted by Gasteiger charge is 2.33. The second kappa shape index (κ2) is 5.74. The lowest BCUT2D eigenvalue weighted by Crippen LogP contribution is -2.38. The van der Waals surface area contributed by atoms with Gasteiger partial charge in [0.25, 0.3) is 0 Å². The van der Waals surface area contributed by atoms with Gasteiger partial charge in [0.1, 0.15) is 18.2 Å². The zero-order chi connectivity index (χ0) is 13.9. The molecular weight excluding hydrogens is 240 g/mol. The monoisotopic (exact) mass is 264 g/mol. The summed E-state index contributed by atoms with van der Waals surface area (Å²) in [5.41, 5.74) is 0.169. The van der Waals surface area contributed by atoms with Gasteiger partial charge in [0, 0.05) is 31.8 Å². The minimum atomic E-state index is 0.169. The van der Waals surface area contributed by atoms with Crippen LogP contribution in [-0.4, -0.2) is 35.7 Å². The fourth-order valence-electron chi connectivity index (χ4n) is 2.54. The van der Waals surface area contributed by atoms with Gasteiger partial charge in [0.05, 0.1) is 0 Å². The van der Waals surface area contributed by atoms with Crippen LogP contribution in [0.5, 0.6) is 0 Å². The van der Waals surface area contributed by atoms with Crippen molar-refractivity contribution in [1.29, 1.82) is 0 Å². The van der Waals surface area contributed by atoms with Crippen LogP contribution in [0.15, 0.2) is 6.07 Å². The van der Waals surface area contributed by atoms with Crippen LogP contribution in [0.25, 0.3) is 0 Å². The van der Waals surface area contributed by atoms with Crippen molar-refractivity contribution in [3.63, 3.8) is 0 Å². The predicted molar refractivity (Wildman–Crippen MR) is 77.6 cm³/mol. The van der Waals surface area contributed by atoms with E-state index in [-0.39, 0.29) is 5.54 Å². The van der Waals surface area contributed by atoms with Gasteiger partial charge in [0.2, 0.25) is 0 Å². The van der Waals surface area contributed by atoms with Gasteiger partial charge in [-0.15, -0.1) is 0 Å². The van der Waals surface area contributed by atoms with Crippen LogP contribution in [0, 0.1) is 0 Å². The maximum Gasteiger partial charge on any atom is 0.158 e. The number of hydrogen-bond acceptors (Lipinski definition) is 5. The molecule has 2 rings (SSSR count). The Morgan fingerprint density at radius 3 is 2.79 bits per heavy atom. The van der Waals surface area contributed by atoms with Crippen LogP contribution in [0.1, 0.15) is 39.4 Å². The van der Waals surface area contributed by atoms with Gasteiger partial charge in [-0.25, -0.2) is 9.97 Å². The Balaban J connectivity index is 2.28. The smallest absolute Gasteiger partial charge is 0.158 e. The first kappa shape index (κ1) is 14.1. The summed E-state index contributed by atoms with van der Waals surface area (Å²) in [6, 6.07) is 2.02. The number of aromatic nitrogens is 2. The molecule has 0 unspecified atom stereocenters. The average Bonchev–Trinajstić information content (AvgIpc) is 2.75. The standard InChI is InChI=1S/C14H24N4O/c1-5-19-10-12-16-11(15-4)9-13(17-12)18-8-6-7-14(18,2)3/h9H,5-8,10H2,1-4H3,(H,15,16,17). The molecular formula is C14H24N4O. The van der Waals surface area contributed by atoms with Crippen molar-refractivity contribution in [2.75, 3.05) is 30.4 Å². The second-order valence-electron chi connectivity index (χ2n) is 5.48. The van der Waals surface area contributed by atoms with Gasteiger partial charge in [-0.3, -0.25) is 0 Å². The third-order valence-corrected chi connectivity index (χ3v) is 3.63. The van der Waals surface area contributed by atoms with Crippen molar-refractivity contribution in [2.45, 2.75) is 45.8 Å². The third-order valence-electron chi connectivity index (χ3n) is 3.63. The van der Waals surface area contributed by atoms with Crippen molar-refractivity contribution in [3.8, 4) is 0 Å². The second-order valence-corrected chi connectivity index (χ2v) is 5.48. The summed E-state index contributed by atoms with van der Waals surface area (Å²) in [6.07, 6.45) is 2.42. The van der Waals surface area contributed by atoms with Crippen LogP contribution < -0.4 is 10.2 Å². The molecule has 0 bridgehead atoms. The lowest BCUT2D eigenvalue weighted by atomic mass is 10.0. The highest BCUT2D eigenvalue weighted by atomic mass is 16.5. The maximum atomic E-state index is 5.42. The predicted octanol–water partition coefficient (Wildman–Crippen LogP) is 2.43. The summed E-state index contributed by atoms with van der Waals surface area (Å²) in [4.78, 5) is 11.4. The molecule has 2 heterocycles. The average molecular weight is 264 g/mol. The van der Waals surface area contributed by atoms with Gasteiger partial charge in [-0.1, -0.05) is 0 Å². The van der Waals surface area contributed by atoms with E-state index in [1.54, 1.807) is 0 Å². The molecule has 19 heavy (non-hydrogen) atoms. The number of rotatable bonds is 5. The molecule has 0 radical (unpaired) electrons. The van der Waals surface area contributed by atoms with E-state index >= 15 is 0 Å². The molecule has 1 aliphatic rings. The molecule has 0 spiro atoms. The zero-order valence-corrected chi connectivity index (χ0v) is 12.4. The van der Waals surface area contributed by atoms with Crippen molar-refractivity contribution in [2.24, 2.45) is 0 Å². The summed E-state index contributed by atoms with van der Waals surface area (Å²) >= 11 is 0. The van der Waals surface area contributed by atoms with Gasteiger partial charge in [0.15, 0.2) is 5.82 Å². The molecule has 0 amide bonds. The van der Waals surface area contributed by atoms with E-state index in [9.17, 15) is 0 Å². The molecule has 1 fully saturated rings. The highest BCUT2D eigenvalue weighted by Crippen LogP contribution is 2.33. The van der Waals surface area contributed by atoms with E-state index in [4.69, 9.17) is 4.74 Å². The summed E-state index contributed by atoms with van der Waals surface area (Å²) in [5, 5.41) is 3.10. The fraction of sp³-hybridized carbons (Fsp3) is 0.714.